The largest absolute Gasteiger partial charge is 0.488 e. The lowest BCUT2D eigenvalue weighted by Crippen LogP contribution is -2.25. The van der Waals surface area contributed by atoms with Crippen molar-refractivity contribution in [3.8, 4) is 5.75 Å². The van der Waals surface area contributed by atoms with Gasteiger partial charge in [-0.1, -0.05) is 12.1 Å². The maximum absolute atomic E-state index is 12.7. The second-order valence-corrected chi connectivity index (χ2v) is 6.18. The first-order valence-electron chi connectivity index (χ1n) is 7.55. The van der Waals surface area contributed by atoms with Gasteiger partial charge in [0, 0.05) is 12.0 Å². The van der Waals surface area contributed by atoms with Gasteiger partial charge in [-0.05, 0) is 36.1 Å². The highest BCUT2D eigenvalue weighted by atomic mass is 32.2. The van der Waals surface area contributed by atoms with Gasteiger partial charge in [0.2, 0.25) is 0 Å². The van der Waals surface area contributed by atoms with E-state index >= 15 is 0 Å². The zero-order valence-electron chi connectivity index (χ0n) is 12.7. The van der Waals surface area contributed by atoms with E-state index in [0.717, 1.165) is 43.0 Å². The van der Waals surface area contributed by atoms with Crippen LogP contribution in [0.1, 0.15) is 29.6 Å². The first kappa shape index (κ1) is 15.6. The summed E-state index contributed by atoms with van der Waals surface area (Å²) in [5, 5.41) is 0. The van der Waals surface area contributed by atoms with Crippen LogP contribution in [0.15, 0.2) is 34.7 Å². The van der Waals surface area contributed by atoms with E-state index in [9.17, 15) is 4.79 Å². The number of para-hydroxylation sites is 1. The van der Waals surface area contributed by atoms with Gasteiger partial charge in [-0.15, -0.1) is 11.8 Å². The second-order valence-electron chi connectivity index (χ2n) is 5.28. The molecule has 1 aromatic carbocycles. The highest BCUT2D eigenvalue weighted by Crippen LogP contribution is 2.33. The van der Waals surface area contributed by atoms with Gasteiger partial charge in [-0.25, -0.2) is 0 Å². The summed E-state index contributed by atoms with van der Waals surface area (Å²) >= 11 is 1.61. The lowest BCUT2D eigenvalue weighted by atomic mass is 9.99. The molecule has 4 nitrogen and oxygen atoms in total. The molecule has 0 aromatic heterocycles. The summed E-state index contributed by atoms with van der Waals surface area (Å²) in [5.74, 6) is 0.757. The first-order chi connectivity index (χ1) is 10.8. The minimum absolute atomic E-state index is 0.0803. The summed E-state index contributed by atoms with van der Waals surface area (Å²) in [6, 6.07) is 7.41. The predicted octanol–water partition coefficient (Wildman–Crippen LogP) is 3.42. The van der Waals surface area contributed by atoms with Crippen LogP contribution in [0.4, 0.5) is 0 Å². The summed E-state index contributed by atoms with van der Waals surface area (Å²) in [6.07, 6.45) is 4.35. The van der Waals surface area contributed by atoms with Crippen LogP contribution in [0.2, 0.25) is 0 Å². The third-order valence-electron chi connectivity index (χ3n) is 3.86. The third kappa shape index (κ3) is 3.37. The molecule has 2 aliphatic rings. The molecule has 0 unspecified atom stereocenters. The van der Waals surface area contributed by atoms with Gasteiger partial charge in [-0.2, -0.15) is 0 Å². The van der Waals surface area contributed by atoms with Crippen LogP contribution in [-0.2, 0) is 9.47 Å². The summed E-state index contributed by atoms with van der Waals surface area (Å²) in [7, 11) is 0. The van der Waals surface area contributed by atoms with Gasteiger partial charge >= 0.3 is 0 Å². The van der Waals surface area contributed by atoms with E-state index in [1.165, 1.54) is 0 Å². The smallest absolute Gasteiger partial charge is 0.196 e. The first-order valence-corrected chi connectivity index (χ1v) is 8.78. The number of Topliss-reactive ketones (excluding diaryl/α,β-unsaturated/α-hetero) is 1. The molecule has 1 aromatic rings. The Bertz CT molecular complexity index is 576. The highest BCUT2D eigenvalue weighted by molar-refractivity contribution is 8.02. The fraction of sp³-hybridized carbons (Fsp3) is 0.471. The molecular formula is C17H20O4S. The van der Waals surface area contributed by atoms with E-state index in [4.69, 9.17) is 14.2 Å². The minimum atomic E-state index is -0.150. The van der Waals surface area contributed by atoms with Crippen LogP contribution in [-0.4, -0.2) is 38.1 Å². The molecule has 0 N–H and O–H groups in total. The van der Waals surface area contributed by atoms with Crippen molar-refractivity contribution in [1.29, 1.82) is 0 Å². The number of thioether (sulfide) groups is 1. The van der Waals surface area contributed by atoms with Crippen molar-refractivity contribution in [1.82, 2.24) is 0 Å². The number of carbonyl (C=O) groups is 1. The predicted molar refractivity (Wildman–Crippen MR) is 86.4 cm³/mol. The number of rotatable bonds is 4. The number of hydrogen-bond donors (Lipinski definition) is 0. The summed E-state index contributed by atoms with van der Waals surface area (Å²) < 4.78 is 16.9. The lowest BCUT2D eigenvalue weighted by Gasteiger charge is -2.25. The normalized spacial score (nSPS) is 21.2. The molecule has 0 atom stereocenters. The average molecular weight is 320 g/mol. The molecule has 0 saturated carbocycles. The fourth-order valence-corrected chi connectivity index (χ4v) is 3.41. The molecule has 2 aliphatic heterocycles. The Balaban J connectivity index is 1.73. The fourth-order valence-electron chi connectivity index (χ4n) is 2.69. The van der Waals surface area contributed by atoms with E-state index in [-0.39, 0.29) is 12.1 Å². The number of hydrogen-bond acceptors (Lipinski definition) is 5. The Hall–Kier alpha value is -1.30. The SMILES string of the molecule is CS/C(CCC1OCCCO1)=C1/COc2ccccc2C1=O. The van der Waals surface area contributed by atoms with Crippen LogP contribution < -0.4 is 4.74 Å². The monoisotopic (exact) mass is 320 g/mol. The Morgan fingerprint density at radius 1 is 1.27 bits per heavy atom. The van der Waals surface area contributed by atoms with Gasteiger partial charge in [0.1, 0.15) is 12.4 Å². The Kier molecular flexibility index (Phi) is 5.18. The molecule has 2 heterocycles. The van der Waals surface area contributed by atoms with Crippen molar-refractivity contribution in [2.24, 2.45) is 0 Å². The minimum Gasteiger partial charge on any atom is -0.488 e. The maximum Gasteiger partial charge on any atom is 0.196 e. The van der Waals surface area contributed by atoms with E-state index in [1.807, 2.05) is 30.5 Å². The lowest BCUT2D eigenvalue weighted by molar-refractivity contribution is -0.180. The molecule has 3 rings (SSSR count). The standard InChI is InChI=1S/C17H20O4S/c1-22-15(7-8-16-19-9-4-10-20-16)13-11-21-14-6-3-2-5-12(14)17(13)18/h2-3,5-6,16H,4,7-11H2,1H3/b15-13-. The zero-order chi connectivity index (χ0) is 15.4. The molecule has 1 fully saturated rings. The number of ketones is 1. The number of fused-ring (bicyclic) bond motifs is 1. The van der Waals surface area contributed by atoms with Crippen molar-refractivity contribution in [2.45, 2.75) is 25.6 Å². The van der Waals surface area contributed by atoms with Crippen LogP contribution >= 0.6 is 11.8 Å². The zero-order valence-corrected chi connectivity index (χ0v) is 13.5. The number of carbonyl (C=O) groups excluding carboxylic acids is 1. The summed E-state index contributed by atoms with van der Waals surface area (Å²) in [6.45, 7) is 1.86. The number of ether oxygens (including phenoxy) is 3. The molecule has 5 heteroatoms. The van der Waals surface area contributed by atoms with Gasteiger partial charge in [0.15, 0.2) is 12.1 Å². The topological polar surface area (TPSA) is 44.8 Å². The Labute approximate surface area is 134 Å². The van der Waals surface area contributed by atoms with Gasteiger partial charge in [-0.3, -0.25) is 4.79 Å². The van der Waals surface area contributed by atoms with Crippen LogP contribution in [0, 0.1) is 0 Å². The van der Waals surface area contributed by atoms with Gasteiger partial charge < -0.3 is 14.2 Å². The van der Waals surface area contributed by atoms with Gasteiger partial charge in [0.25, 0.3) is 0 Å². The van der Waals surface area contributed by atoms with Crippen LogP contribution in [0.3, 0.4) is 0 Å². The Morgan fingerprint density at radius 2 is 2.05 bits per heavy atom. The highest BCUT2D eigenvalue weighted by Gasteiger charge is 2.26. The van der Waals surface area contributed by atoms with Crippen molar-refractivity contribution in [2.75, 3.05) is 26.1 Å². The molecule has 118 valence electrons. The summed E-state index contributed by atoms with van der Waals surface area (Å²) in [5.41, 5.74) is 1.42. The molecule has 0 aliphatic carbocycles. The second kappa shape index (κ2) is 7.31. The molecule has 1 saturated heterocycles. The quantitative estimate of drug-likeness (QED) is 0.795. The van der Waals surface area contributed by atoms with Crippen molar-refractivity contribution in [3.63, 3.8) is 0 Å². The van der Waals surface area contributed by atoms with E-state index < -0.39 is 0 Å². The molecule has 0 radical (unpaired) electrons. The van der Waals surface area contributed by atoms with Gasteiger partial charge in [0.05, 0.1) is 18.8 Å². The average Bonchev–Trinajstić information content (AvgIpc) is 2.58. The van der Waals surface area contributed by atoms with Crippen molar-refractivity contribution < 1.29 is 19.0 Å². The van der Waals surface area contributed by atoms with E-state index in [0.29, 0.717) is 17.9 Å². The third-order valence-corrected chi connectivity index (χ3v) is 4.81. The van der Waals surface area contributed by atoms with Crippen molar-refractivity contribution >= 4 is 17.5 Å². The number of benzene rings is 1. The van der Waals surface area contributed by atoms with E-state index in [1.54, 1.807) is 11.8 Å². The molecular weight excluding hydrogens is 300 g/mol. The molecule has 0 amide bonds. The maximum atomic E-state index is 12.7. The van der Waals surface area contributed by atoms with Crippen LogP contribution in [0.5, 0.6) is 5.75 Å². The molecule has 22 heavy (non-hydrogen) atoms. The Morgan fingerprint density at radius 3 is 2.82 bits per heavy atom. The summed E-state index contributed by atoms with van der Waals surface area (Å²) in [4.78, 5) is 13.7. The molecule has 0 bridgehead atoms. The number of allylic oxidation sites excluding steroid dienone is 1. The molecule has 0 spiro atoms. The van der Waals surface area contributed by atoms with Crippen molar-refractivity contribution in [3.05, 3.63) is 40.3 Å². The van der Waals surface area contributed by atoms with E-state index in [2.05, 4.69) is 0 Å². The van der Waals surface area contributed by atoms with Crippen LogP contribution in [0.25, 0.3) is 0 Å².